The van der Waals surface area contributed by atoms with E-state index in [4.69, 9.17) is 5.11 Å². The van der Waals surface area contributed by atoms with Crippen LogP contribution < -0.4 is 10.6 Å². The van der Waals surface area contributed by atoms with Gasteiger partial charge in [0.15, 0.2) is 0 Å². The first-order valence-corrected chi connectivity index (χ1v) is 6.50. The third kappa shape index (κ3) is 4.40. The molecule has 2 rings (SSSR count). The summed E-state index contributed by atoms with van der Waals surface area (Å²) in [5.41, 5.74) is 1.79. The number of aromatic nitrogens is 2. The van der Waals surface area contributed by atoms with Crippen LogP contribution in [0.25, 0.3) is 0 Å². The number of aliphatic hydroxyl groups is 1. The molecule has 2 aromatic rings. The maximum atomic E-state index is 11.7. The van der Waals surface area contributed by atoms with Crippen LogP contribution in [-0.2, 0) is 13.0 Å². The second kappa shape index (κ2) is 7.30. The summed E-state index contributed by atoms with van der Waals surface area (Å²) in [7, 11) is 0. The Balaban J connectivity index is 1.72. The molecule has 20 heavy (non-hydrogen) atoms. The standard InChI is InChI=1S/C14H18N4O2/c19-9-8-18-11-13(10-16-18)17-14(20)15-7-6-12-4-2-1-3-5-12/h1-5,10-11,19H,6-9H2,(H2,15,17,20). The summed E-state index contributed by atoms with van der Waals surface area (Å²) in [6.07, 6.45) is 4.01. The fourth-order valence-corrected chi connectivity index (χ4v) is 1.79. The van der Waals surface area contributed by atoms with Crippen LogP contribution in [0.5, 0.6) is 0 Å². The number of nitrogens with zero attached hydrogens (tertiary/aromatic N) is 2. The van der Waals surface area contributed by atoms with E-state index < -0.39 is 0 Å². The van der Waals surface area contributed by atoms with Gasteiger partial charge in [0.25, 0.3) is 0 Å². The second-order valence-electron chi connectivity index (χ2n) is 4.33. The van der Waals surface area contributed by atoms with E-state index in [1.54, 1.807) is 17.1 Å². The molecule has 0 radical (unpaired) electrons. The molecule has 0 spiro atoms. The van der Waals surface area contributed by atoms with Gasteiger partial charge < -0.3 is 15.7 Å². The predicted molar refractivity (Wildman–Crippen MR) is 76.5 cm³/mol. The lowest BCUT2D eigenvalue weighted by Crippen LogP contribution is -2.30. The third-order valence-corrected chi connectivity index (χ3v) is 2.76. The number of anilines is 1. The number of urea groups is 1. The van der Waals surface area contributed by atoms with Crippen molar-refractivity contribution in [3.8, 4) is 0 Å². The maximum absolute atomic E-state index is 11.7. The van der Waals surface area contributed by atoms with E-state index in [1.807, 2.05) is 30.3 Å². The van der Waals surface area contributed by atoms with Gasteiger partial charge in [0, 0.05) is 12.7 Å². The molecule has 0 saturated heterocycles. The number of amides is 2. The molecule has 1 heterocycles. The Hall–Kier alpha value is -2.34. The van der Waals surface area contributed by atoms with Crippen LogP contribution in [0.2, 0.25) is 0 Å². The fourth-order valence-electron chi connectivity index (χ4n) is 1.79. The van der Waals surface area contributed by atoms with Gasteiger partial charge in [-0.2, -0.15) is 5.10 Å². The Morgan fingerprint density at radius 1 is 1.30 bits per heavy atom. The number of nitrogens with one attached hydrogen (secondary N) is 2. The topological polar surface area (TPSA) is 79.2 Å². The van der Waals surface area contributed by atoms with E-state index >= 15 is 0 Å². The number of aliphatic hydroxyl groups excluding tert-OH is 1. The summed E-state index contributed by atoms with van der Waals surface area (Å²) in [5.74, 6) is 0. The first-order chi connectivity index (χ1) is 9.78. The van der Waals surface area contributed by atoms with E-state index in [0.29, 0.717) is 18.8 Å². The molecule has 0 aliphatic carbocycles. The van der Waals surface area contributed by atoms with Gasteiger partial charge in [-0.25, -0.2) is 4.79 Å². The molecule has 0 aliphatic heterocycles. The van der Waals surface area contributed by atoms with Gasteiger partial charge in [0.05, 0.1) is 25.0 Å². The van der Waals surface area contributed by atoms with E-state index in [9.17, 15) is 4.79 Å². The number of hydrogen-bond acceptors (Lipinski definition) is 3. The normalized spacial score (nSPS) is 10.2. The monoisotopic (exact) mass is 274 g/mol. The minimum atomic E-state index is -0.260. The van der Waals surface area contributed by atoms with E-state index in [1.165, 1.54) is 5.56 Å². The molecule has 3 N–H and O–H groups in total. The van der Waals surface area contributed by atoms with Crippen molar-refractivity contribution >= 4 is 11.7 Å². The number of hydrogen-bond donors (Lipinski definition) is 3. The second-order valence-corrected chi connectivity index (χ2v) is 4.33. The van der Waals surface area contributed by atoms with E-state index in [2.05, 4.69) is 15.7 Å². The molecule has 0 fully saturated rings. The van der Waals surface area contributed by atoms with Crippen molar-refractivity contribution in [2.24, 2.45) is 0 Å². The average Bonchev–Trinajstić information content (AvgIpc) is 2.88. The minimum Gasteiger partial charge on any atom is -0.394 e. The lowest BCUT2D eigenvalue weighted by molar-refractivity contribution is 0.252. The smallest absolute Gasteiger partial charge is 0.319 e. The maximum Gasteiger partial charge on any atom is 0.319 e. The molecule has 106 valence electrons. The van der Waals surface area contributed by atoms with Crippen molar-refractivity contribution in [1.29, 1.82) is 0 Å². The van der Waals surface area contributed by atoms with Gasteiger partial charge in [0.1, 0.15) is 0 Å². The van der Waals surface area contributed by atoms with Crippen LogP contribution >= 0.6 is 0 Å². The third-order valence-electron chi connectivity index (χ3n) is 2.76. The van der Waals surface area contributed by atoms with E-state index in [-0.39, 0.29) is 12.6 Å². The molecule has 0 saturated carbocycles. The van der Waals surface area contributed by atoms with Gasteiger partial charge in [-0.1, -0.05) is 30.3 Å². The van der Waals surface area contributed by atoms with Crippen LogP contribution in [0.15, 0.2) is 42.7 Å². The highest BCUT2D eigenvalue weighted by atomic mass is 16.3. The van der Waals surface area contributed by atoms with Crippen LogP contribution in [0, 0.1) is 0 Å². The summed E-state index contributed by atoms with van der Waals surface area (Å²) in [5, 5.41) is 18.3. The lowest BCUT2D eigenvalue weighted by Gasteiger charge is -2.05. The Bertz CT molecular complexity index is 539. The molecule has 6 heteroatoms. The number of rotatable bonds is 6. The van der Waals surface area contributed by atoms with Crippen molar-refractivity contribution in [1.82, 2.24) is 15.1 Å². The molecule has 0 atom stereocenters. The van der Waals surface area contributed by atoms with Gasteiger partial charge >= 0.3 is 6.03 Å². The van der Waals surface area contributed by atoms with Crippen LogP contribution in [0.3, 0.4) is 0 Å². The molecule has 0 aliphatic rings. The summed E-state index contributed by atoms with van der Waals surface area (Å²) in [4.78, 5) is 11.7. The molecule has 2 amide bonds. The van der Waals surface area contributed by atoms with Crippen molar-refractivity contribution in [3.05, 3.63) is 48.3 Å². The van der Waals surface area contributed by atoms with Gasteiger partial charge in [-0.05, 0) is 12.0 Å². The first-order valence-electron chi connectivity index (χ1n) is 6.50. The summed E-state index contributed by atoms with van der Waals surface area (Å²) in [6, 6.07) is 9.71. The van der Waals surface area contributed by atoms with E-state index in [0.717, 1.165) is 6.42 Å². The molecule has 1 aromatic carbocycles. The van der Waals surface area contributed by atoms with Crippen molar-refractivity contribution < 1.29 is 9.90 Å². The Kier molecular flexibility index (Phi) is 5.14. The fraction of sp³-hybridized carbons (Fsp3) is 0.286. The van der Waals surface area contributed by atoms with Crippen LogP contribution in [-0.4, -0.2) is 34.1 Å². The summed E-state index contributed by atoms with van der Waals surface area (Å²) in [6.45, 7) is 1.00. The zero-order valence-corrected chi connectivity index (χ0v) is 11.1. The van der Waals surface area contributed by atoms with Crippen LogP contribution in [0.1, 0.15) is 5.56 Å². The molecular formula is C14H18N4O2. The SMILES string of the molecule is O=C(NCCc1ccccc1)Nc1cnn(CCO)c1. The quantitative estimate of drug-likeness (QED) is 0.741. The van der Waals surface area contributed by atoms with Crippen molar-refractivity contribution in [2.75, 3.05) is 18.5 Å². The van der Waals surface area contributed by atoms with Gasteiger partial charge in [0.2, 0.25) is 0 Å². The van der Waals surface area contributed by atoms with Gasteiger partial charge in [-0.3, -0.25) is 4.68 Å². The lowest BCUT2D eigenvalue weighted by atomic mass is 10.1. The molecule has 6 nitrogen and oxygen atoms in total. The molecule has 0 bridgehead atoms. The first kappa shape index (κ1) is 14.1. The highest BCUT2D eigenvalue weighted by Crippen LogP contribution is 2.04. The largest absolute Gasteiger partial charge is 0.394 e. The van der Waals surface area contributed by atoms with Crippen molar-refractivity contribution in [3.63, 3.8) is 0 Å². The average molecular weight is 274 g/mol. The number of benzene rings is 1. The summed E-state index contributed by atoms with van der Waals surface area (Å²) < 4.78 is 1.57. The zero-order valence-electron chi connectivity index (χ0n) is 11.1. The Morgan fingerprint density at radius 2 is 2.10 bits per heavy atom. The minimum absolute atomic E-state index is 0.0182. The van der Waals surface area contributed by atoms with Crippen molar-refractivity contribution in [2.45, 2.75) is 13.0 Å². The molecule has 0 unspecified atom stereocenters. The highest BCUT2D eigenvalue weighted by Gasteiger charge is 2.03. The van der Waals surface area contributed by atoms with Crippen LogP contribution in [0.4, 0.5) is 10.5 Å². The highest BCUT2D eigenvalue weighted by molar-refractivity contribution is 5.88. The molecule has 1 aromatic heterocycles. The Labute approximate surface area is 117 Å². The molecular weight excluding hydrogens is 256 g/mol. The summed E-state index contributed by atoms with van der Waals surface area (Å²) >= 11 is 0. The zero-order chi connectivity index (χ0) is 14.2. The Morgan fingerprint density at radius 3 is 2.85 bits per heavy atom. The number of carbonyl (C=O) groups is 1. The number of carbonyl (C=O) groups excluding carboxylic acids is 1. The van der Waals surface area contributed by atoms with Gasteiger partial charge in [-0.15, -0.1) is 0 Å². The predicted octanol–water partition coefficient (Wildman–Crippen LogP) is 1.24.